The van der Waals surface area contributed by atoms with Crippen LogP contribution in [0.2, 0.25) is 0 Å². The van der Waals surface area contributed by atoms with Gasteiger partial charge in [-0.05, 0) is 32.6 Å². The van der Waals surface area contributed by atoms with Gasteiger partial charge in [0, 0.05) is 32.2 Å². The van der Waals surface area contributed by atoms with Gasteiger partial charge < -0.3 is 25.0 Å². The third-order valence-electron chi connectivity index (χ3n) is 4.37. The van der Waals surface area contributed by atoms with Crippen molar-refractivity contribution in [1.82, 2.24) is 15.5 Å². The Hall–Kier alpha value is -1.03. The number of amides is 1. The molecule has 0 atom stereocenters. The summed E-state index contributed by atoms with van der Waals surface area (Å²) < 4.78 is 10.1. The molecule has 2 aliphatic rings. The average Bonchev–Trinajstić information content (AvgIpc) is 2.63. The van der Waals surface area contributed by atoms with Crippen LogP contribution in [0.15, 0.2) is 16.6 Å². The van der Waals surface area contributed by atoms with E-state index in [9.17, 15) is 4.79 Å². The summed E-state index contributed by atoms with van der Waals surface area (Å²) in [7, 11) is 1.43. The second kappa shape index (κ2) is 12.3. The van der Waals surface area contributed by atoms with Crippen LogP contribution >= 0.6 is 24.0 Å². The van der Waals surface area contributed by atoms with Crippen LogP contribution < -0.4 is 10.6 Å². The summed E-state index contributed by atoms with van der Waals surface area (Å²) in [6.07, 6.45) is 5.75. The van der Waals surface area contributed by atoms with Crippen LogP contribution in [0, 0.1) is 0 Å². The summed E-state index contributed by atoms with van der Waals surface area (Å²) in [5.74, 6) is 0.863. The minimum absolute atomic E-state index is 0. The molecule has 0 bridgehead atoms. The lowest BCUT2D eigenvalue weighted by Crippen LogP contribution is -2.49. The van der Waals surface area contributed by atoms with Crippen LogP contribution in [0.25, 0.3) is 0 Å². The molecule has 0 radical (unpaired) electrons. The van der Waals surface area contributed by atoms with Crippen LogP contribution in [0.3, 0.4) is 0 Å². The predicted molar refractivity (Wildman–Crippen MR) is 110 cm³/mol. The number of halogens is 1. The molecule has 0 spiro atoms. The molecule has 2 N–H and O–H groups in total. The number of aliphatic imine (C=N–C) groups is 1. The number of methoxy groups -OCH3 is 1. The number of rotatable bonds is 5. The Bertz CT molecular complexity index is 463. The van der Waals surface area contributed by atoms with Gasteiger partial charge in [0.25, 0.3) is 0 Å². The molecule has 25 heavy (non-hydrogen) atoms. The molecule has 1 saturated heterocycles. The number of piperidine rings is 1. The summed E-state index contributed by atoms with van der Waals surface area (Å²) in [5.41, 5.74) is 1.44. The van der Waals surface area contributed by atoms with Crippen molar-refractivity contribution in [3.63, 3.8) is 0 Å². The molecule has 0 aliphatic carbocycles. The van der Waals surface area contributed by atoms with Gasteiger partial charge in [-0.3, -0.25) is 4.99 Å². The molecule has 8 heteroatoms. The maximum atomic E-state index is 11.5. The van der Waals surface area contributed by atoms with Gasteiger partial charge in [-0.15, -0.1) is 24.0 Å². The lowest BCUT2D eigenvalue weighted by atomic mass is 10.1. The van der Waals surface area contributed by atoms with Crippen LogP contribution in [0.5, 0.6) is 0 Å². The molecular formula is C17H31IN4O3. The largest absolute Gasteiger partial charge is 0.453 e. The van der Waals surface area contributed by atoms with E-state index in [0.717, 1.165) is 71.0 Å². The fourth-order valence-electron chi connectivity index (χ4n) is 2.95. The number of hydrogen-bond acceptors (Lipinski definition) is 4. The van der Waals surface area contributed by atoms with Crippen molar-refractivity contribution < 1.29 is 14.3 Å². The minimum atomic E-state index is -0.237. The van der Waals surface area contributed by atoms with Gasteiger partial charge in [0.1, 0.15) is 0 Å². The van der Waals surface area contributed by atoms with E-state index >= 15 is 0 Å². The molecule has 7 nitrogen and oxygen atoms in total. The Kier molecular flexibility index (Phi) is 10.9. The molecule has 0 saturated carbocycles. The van der Waals surface area contributed by atoms with E-state index in [-0.39, 0.29) is 30.1 Å². The zero-order valence-corrected chi connectivity index (χ0v) is 17.6. The van der Waals surface area contributed by atoms with Gasteiger partial charge in [-0.2, -0.15) is 0 Å². The number of nitrogens with one attached hydrogen (secondary N) is 2. The summed E-state index contributed by atoms with van der Waals surface area (Å²) in [6, 6.07) is 0.339. The Morgan fingerprint density at radius 1 is 1.44 bits per heavy atom. The summed E-state index contributed by atoms with van der Waals surface area (Å²) >= 11 is 0. The van der Waals surface area contributed by atoms with Crippen molar-refractivity contribution in [2.45, 2.75) is 38.6 Å². The average molecular weight is 466 g/mol. The van der Waals surface area contributed by atoms with Crippen molar-refractivity contribution in [1.29, 1.82) is 0 Å². The number of carbonyl (C=O) groups is 1. The van der Waals surface area contributed by atoms with Gasteiger partial charge in [-0.25, -0.2) is 4.79 Å². The highest BCUT2D eigenvalue weighted by molar-refractivity contribution is 14.0. The molecule has 2 aliphatic heterocycles. The highest BCUT2D eigenvalue weighted by Crippen LogP contribution is 2.12. The summed E-state index contributed by atoms with van der Waals surface area (Å²) in [5, 5.41) is 6.79. The van der Waals surface area contributed by atoms with Gasteiger partial charge >= 0.3 is 6.09 Å². The SMILES string of the molecule is CCNC(=NCCC1=CCOCC1)NC1CCN(C(=O)OC)CC1.I. The smallest absolute Gasteiger partial charge is 0.409 e. The number of nitrogens with zero attached hydrogens (tertiary/aromatic N) is 2. The molecule has 2 heterocycles. The van der Waals surface area contributed by atoms with Crippen molar-refractivity contribution in [3.05, 3.63) is 11.6 Å². The predicted octanol–water partition coefficient (Wildman–Crippen LogP) is 2.13. The lowest BCUT2D eigenvalue weighted by molar-refractivity contribution is 0.111. The Balaban J connectivity index is 0.00000312. The van der Waals surface area contributed by atoms with E-state index in [1.807, 2.05) is 0 Å². The number of ether oxygens (including phenoxy) is 2. The van der Waals surface area contributed by atoms with Crippen LogP contribution in [-0.2, 0) is 9.47 Å². The van der Waals surface area contributed by atoms with Crippen LogP contribution in [0.4, 0.5) is 4.79 Å². The number of carbonyl (C=O) groups excluding carboxylic acids is 1. The standard InChI is InChI=1S/C17H30N4O3.HI/c1-3-18-16(19-9-4-14-7-12-24-13-8-14)20-15-5-10-21(11-6-15)17(22)23-2;/h7,15H,3-6,8-13H2,1-2H3,(H2,18,19,20);1H. The van der Waals surface area contributed by atoms with E-state index in [1.54, 1.807) is 4.90 Å². The number of guanidine groups is 1. The van der Waals surface area contributed by atoms with Crippen LogP contribution in [0.1, 0.15) is 32.6 Å². The monoisotopic (exact) mass is 466 g/mol. The van der Waals surface area contributed by atoms with E-state index in [0.29, 0.717) is 6.04 Å². The lowest BCUT2D eigenvalue weighted by Gasteiger charge is -2.32. The Morgan fingerprint density at radius 2 is 2.20 bits per heavy atom. The van der Waals surface area contributed by atoms with Crippen molar-refractivity contribution in [2.75, 3.05) is 46.5 Å². The molecule has 0 aromatic carbocycles. The van der Waals surface area contributed by atoms with Crippen LogP contribution in [-0.4, -0.2) is 69.5 Å². The first-order valence-corrected chi connectivity index (χ1v) is 8.86. The van der Waals surface area contributed by atoms with Crippen molar-refractivity contribution in [2.24, 2.45) is 4.99 Å². The highest BCUT2D eigenvalue weighted by Gasteiger charge is 2.23. The summed E-state index contributed by atoms with van der Waals surface area (Å²) in [4.78, 5) is 18.0. The van der Waals surface area contributed by atoms with E-state index in [2.05, 4.69) is 28.6 Å². The quantitative estimate of drug-likeness (QED) is 0.281. The molecule has 0 aromatic rings. The third-order valence-corrected chi connectivity index (χ3v) is 4.37. The molecule has 0 aromatic heterocycles. The normalized spacial score (nSPS) is 18.9. The fourth-order valence-corrected chi connectivity index (χ4v) is 2.95. The van der Waals surface area contributed by atoms with Gasteiger partial charge in [0.05, 0.1) is 20.3 Å². The first kappa shape index (κ1) is 22.0. The first-order chi connectivity index (χ1) is 11.7. The highest BCUT2D eigenvalue weighted by atomic mass is 127. The molecule has 1 fully saturated rings. The molecule has 2 rings (SSSR count). The van der Waals surface area contributed by atoms with Gasteiger partial charge in [0.2, 0.25) is 0 Å². The van der Waals surface area contributed by atoms with E-state index in [1.165, 1.54) is 12.7 Å². The molecule has 0 unspecified atom stereocenters. The number of hydrogen-bond donors (Lipinski definition) is 2. The van der Waals surface area contributed by atoms with Crippen molar-refractivity contribution >= 4 is 36.0 Å². The van der Waals surface area contributed by atoms with E-state index in [4.69, 9.17) is 9.47 Å². The van der Waals surface area contributed by atoms with E-state index < -0.39 is 0 Å². The van der Waals surface area contributed by atoms with Gasteiger partial charge in [0.15, 0.2) is 5.96 Å². The Labute approximate surface area is 167 Å². The zero-order chi connectivity index (χ0) is 17.2. The van der Waals surface area contributed by atoms with Crippen molar-refractivity contribution in [3.8, 4) is 0 Å². The second-order valence-electron chi connectivity index (χ2n) is 6.07. The maximum Gasteiger partial charge on any atom is 0.409 e. The maximum absolute atomic E-state index is 11.5. The molecule has 144 valence electrons. The zero-order valence-electron chi connectivity index (χ0n) is 15.3. The molecule has 1 amide bonds. The summed E-state index contributed by atoms with van der Waals surface area (Å²) in [6.45, 7) is 6.68. The van der Waals surface area contributed by atoms with Gasteiger partial charge in [-0.1, -0.05) is 11.6 Å². The molecular weight excluding hydrogens is 435 g/mol. The topological polar surface area (TPSA) is 75.2 Å². The Morgan fingerprint density at radius 3 is 2.80 bits per heavy atom. The fraction of sp³-hybridized carbons (Fsp3) is 0.765. The first-order valence-electron chi connectivity index (χ1n) is 8.86. The number of likely N-dealkylation sites (tertiary alicyclic amines) is 1. The third kappa shape index (κ3) is 7.81. The second-order valence-corrected chi connectivity index (χ2v) is 6.07. The minimum Gasteiger partial charge on any atom is -0.453 e.